The molecule has 114 valence electrons. The summed E-state index contributed by atoms with van der Waals surface area (Å²) in [5.41, 5.74) is 0.983. The van der Waals surface area contributed by atoms with Crippen LogP contribution in [0.2, 0.25) is 0 Å². The summed E-state index contributed by atoms with van der Waals surface area (Å²) in [7, 11) is 0. The van der Waals surface area contributed by atoms with E-state index >= 15 is 0 Å². The number of fused-ring (bicyclic) bond motifs is 1. The van der Waals surface area contributed by atoms with Crippen LogP contribution in [0.25, 0.3) is 10.9 Å². The van der Waals surface area contributed by atoms with E-state index in [1.807, 2.05) is 24.4 Å². The van der Waals surface area contributed by atoms with Crippen LogP contribution in [0.3, 0.4) is 0 Å². The Morgan fingerprint density at radius 1 is 1.24 bits per heavy atom. The Kier molecular flexibility index (Phi) is 6.00. The Labute approximate surface area is 127 Å². The van der Waals surface area contributed by atoms with E-state index in [0.717, 1.165) is 36.0 Å². The number of aromatic nitrogens is 1. The molecule has 0 aliphatic carbocycles. The van der Waals surface area contributed by atoms with E-state index in [1.54, 1.807) is 0 Å². The number of nitrogens with zero attached hydrogens (tertiary/aromatic N) is 1. The van der Waals surface area contributed by atoms with Crippen molar-refractivity contribution in [2.75, 3.05) is 13.2 Å². The van der Waals surface area contributed by atoms with Crippen molar-refractivity contribution in [1.82, 2.24) is 10.3 Å². The Bertz CT molecular complexity index is 556. The molecule has 0 saturated heterocycles. The number of hydrogen-bond acceptors (Lipinski definition) is 3. The standard InChI is InChI=1S/C18H26N2O/c1-4-10-19-18(14(3)5-2)13-21-16-9-8-15-7-6-11-20-17(15)12-16/h6-9,11-12,14,18-19H,4-5,10,13H2,1-3H3. The topological polar surface area (TPSA) is 34.1 Å². The molecule has 0 bridgehead atoms. The lowest BCUT2D eigenvalue weighted by atomic mass is 10.00. The summed E-state index contributed by atoms with van der Waals surface area (Å²) in [5.74, 6) is 1.50. The normalized spacial score (nSPS) is 14.0. The summed E-state index contributed by atoms with van der Waals surface area (Å²) in [4.78, 5) is 4.37. The second-order valence-corrected chi connectivity index (χ2v) is 5.62. The van der Waals surface area contributed by atoms with Gasteiger partial charge in [0.15, 0.2) is 0 Å². The van der Waals surface area contributed by atoms with Crippen LogP contribution in [-0.2, 0) is 0 Å². The fraction of sp³-hybridized carbons (Fsp3) is 0.500. The molecule has 2 atom stereocenters. The molecule has 21 heavy (non-hydrogen) atoms. The van der Waals surface area contributed by atoms with Crippen LogP contribution in [0, 0.1) is 5.92 Å². The maximum atomic E-state index is 5.99. The summed E-state index contributed by atoms with van der Waals surface area (Å²) in [5, 5.41) is 4.73. The van der Waals surface area contributed by atoms with Crippen LogP contribution in [0.15, 0.2) is 36.5 Å². The minimum absolute atomic E-state index is 0.398. The Morgan fingerprint density at radius 3 is 2.86 bits per heavy atom. The van der Waals surface area contributed by atoms with Crippen molar-refractivity contribution in [2.24, 2.45) is 5.92 Å². The van der Waals surface area contributed by atoms with Crippen LogP contribution < -0.4 is 10.1 Å². The van der Waals surface area contributed by atoms with Gasteiger partial charge in [-0.25, -0.2) is 0 Å². The van der Waals surface area contributed by atoms with Gasteiger partial charge in [0.2, 0.25) is 0 Å². The van der Waals surface area contributed by atoms with E-state index in [0.29, 0.717) is 18.6 Å². The molecule has 0 aliphatic rings. The van der Waals surface area contributed by atoms with Crippen LogP contribution >= 0.6 is 0 Å². The molecule has 1 N–H and O–H groups in total. The summed E-state index contributed by atoms with van der Waals surface area (Å²) >= 11 is 0. The monoisotopic (exact) mass is 286 g/mol. The Balaban J connectivity index is 2.00. The van der Waals surface area contributed by atoms with Crippen LogP contribution in [-0.4, -0.2) is 24.2 Å². The van der Waals surface area contributed by atoms with Gasteiger partial charge in [0, 0.05) is 23.7 Å². The third kappa shape index (κ3) is 4.43. The van der Waals surface area contributed by atoms with Gasteiger partial charge < -0.3 is 10.1 Å². The molecule has 2 unspecified atom stereocenters. The minimum Gasteiger partial charge on any atom is -0.492 e. The smallest absolute Gasteiger partial charge is 0.121 e. The summed E-state index contributed by atoms with van der Waals surface area (Å²) < 4.78 is 5.99. The van der Waals surface area contributed by atoms with Crippen molar-refractivity contribution >= 4 is 10.9 Å². The molecule has 0 fully saturated rings. The molecule has 2 aromatic rings. The van der Waals surface area contributed by atoms with Crippen LogP contribution in [0.5, 0.6) is 5.75 Å². The summed E-state index contributed by atoms with van der Waals surface area (Å²) in [6.45, 7) is 8.44. The van der Waals surface area contributed by atoms with E-state index < -0.39 is 0 Å². The largest absolute Gasteiger partial charge is 0.492 e. The van der Waals surface area contributed by atoms with E-state index in [1.165, 1.54) is 0 Å². The highest BCUT2D eigenvalue weighted by atomic mass is 16.5. The molecule has 1 aromatic heterocycles. The third-order valence-corrected chi connectivity index (χ3v) is 3.99. The highest BCUT2D eigenvalue weighted by molar-refractivity contribution is 5.79. The average molecular weight is 286 g/mol. The fourth-order valence-corrected chi connectivity index (χ4v) is 2.36. The van der Waals surface area contributed by atoms with Gasteiger partial charge in [-0.1, -0.05) is 33.3 Å². The van der Waals surface area contributed by atoms with E-state index in [9.17, 15) is 0 Å². The van der Waals surface area contributed by atoms with Gasteiger partial charge in [0.25, 0.3) is 0 Å². The molecule has 0 saturated carbocycles. The minimum atomic E-state index is 0.398. The number of hydrogen-bond donors (Lipinski definition) is 1. The van der Waals surface area contributed by atoms with Gasteiger partial charge in [-0.05, 0) is 37.1 Å². The lowest BCUT2D eigenvalue weighted by Gasteiger charge is -2.24. The van der Waals surface area contributed by atoms with Crippen molar-refractivity contribution in [1.29, 1.82) is 0 Å². The highest BCUT2D eigenvalue weighted by Gasteiger charge is 2.15. The molecule has 2 rings (SSSR count). The third-order valence-electron chi connectivity index (χ3n) is 3.99. The van der Waals surface area contributed by atoms with Gasteiger partial charge >= 0.3 is 0 Å². The first-order valence-electron chi connectivity index (χ1n) is 7.95. The van der Waals surface area contributed by atoms with Gasteiger partial charge in [-0.2, -0.15) is 0 Å². The van der Waals surface area contributed by atoms with Crippen molar-refractivity contribution < 1.29 is 4.74 Å². The maximum absolute atomic E-state index is 5.99. The van der Waals surface area contributed by atoms with Gasteiger partial charge in [0.05, 0.1) is 5.52 Å². The number of benzene rings is 1. The molecule has 0 aliphatic heterocycles. The number of rotatable bonds is 8. The zero-order valence-corrected chi connectivity index (χ0v) is 13.3. The SMILES string of the molecule is CCCNC(COc1ccc2cccnc2c1)C(C)CC. The molecule has 0 radical (unpaired) electrons. The first-order chi connectivity index (χ1) is 10.2. The first-order valence-corrected chi connectivity index (χ1v) is 7.95. The molecule has 3 nitrogen and oxygen atoms in total. The lowest BCUT2D eigenvalue weighted by Crippen LogP contribution is -2.40. The number of pyridine rings is 1. The maximum Gasteiger partial charge on any atom is 0.121 e. The molecule has 0 amide bonds. The van der Waals surface area contributed by atoms with Crippen LogP contribution in [0.4, 0.5) is 0 Å². The molecule has 1 aromatic carbocycles. The molecule has 0 spiro atoms. The van der Waals surface area contributed by atoms with Crippen molar-refractivity contribution in [3.63, 3.8) is 0 Å². The van der Waals surface area contributed by atoms with Crippen molar-refractivity contribution in [2.45, 2.75) is 39.7 Å². The second-order valence-electron chi connectivity index (χ2n) is 5.62. The quantitative estimate of drug-likeness (QED) is 0.795. The number of nitrogens with one attached hydrogen (secondary N) is 1. The van der Waals surface area contributed by atoms with Crippen LogP contribution in [0.1, 0.15) is 33.6 Å². The first kappa shape index (κ1) is 15.8. The summed E-state index contributed by atoms with van der Waals surface area (Å²) in [6.07, 6.45) is 4.12. The molecular weight excluding hydrogens is 260 g/mol. The predicted octanol–water partition coefficient (Wildman–Crippen LogP) is 4.03. The molecule has 3 heteroatoms. The van der Waals surface area contributed by atoms with Gasteiger partial charge in [0.1, 0.15) is 12.4 Å². The molecule has 1 heterocycles. The Hall–Kier alpha value is -1.61. The van der Waals surface area contributed by atoms with Gasteiger partial charge in [-0.15, -0.1) is 0 Å². The zero-order valence-electron chi connectivity index (χ0n) is 13.3. The lowest BCUT2D eigenvalue weighted by molar-refractivity contribution is 0.221. The van der Waals surface area contributed by atoms with E-state index in [4.69, 9.17) is 4.74 Å². The van der Waals surface area contributed by atoms with E-state index in [-0.39, 0.29) is 0 Å². The average Bonchev–Trinajstić information content (AvgIpc) is 2.54. The summed E-state index contributed by atoms with van der Waals surface area (Å²) in [6, 6.07) is 10.5. The van der Waals surface area contributed by atoms with Crippen molar-refractivity contribution in [3.05, 3.63) is 36.5 Å². The fourth-order valence-electron chi connectivity index (χ4n) is 2.36. The Morgan fingerprint density at radius 2 is 2.10 bits per heavy atom. The van der Waals surface area contributed by atoms with E-state index in [2.05, 4.69) is 43.2 Å². The van der Waals surface area contributed by atoms with Crippen molar-refractivity contribution in [3.8, 4) is 5.75 Å². The number of ether oxygens (including phenoxy) is 1. The van der Waals surface area contributed by atoms with Gasteiger partial charge in [-0.3, -0.25) is 4.98 Å². The molecular formula is C18H26N2O. The predicted molar refractivity (Wildman–Crippen MR) is 88.8 cm³/mol. The zero-order chi connectivity index (χ0) is 15.1. The highest BCUT2D eigenvalue weighted by Crippen LogP contribution is 2.19. The second kappa shape index (κ2) is 7.99.